The first kappa shape index (κ1) is 11.6. The van der Waals surface area contributed by atoms with Crippen molar-refractivity contribution < 1.29 is 4.74 Å². The number of piperidine rings is 1. The van der Waals surface area contributed by atoms with Gasteiger partial charge in [-0.05, 0) is 34.1 Å². The largest absolute Gasteiger partial charge is 0.490 e. The predicted octanol–water partition coefficient (Wildman–Crippen LogP) is 3.54. The number of rotatable bonds is 2. The second kappa shape index (κ2) is 4.63. The van der Waals surface area contributed by atoms with E-state index in [-0.39, 0.29) is 6.10 Å². The number of hydrogen-bond donors (Lipinski definition) is 1. The molecule has 0 amide bonds. The molecule has 2 heterocycles. The lowest BCUT2D eigenvalue weighted by atomic mass is 10.0. The molecule has 1 fully saturated rings. The number of nitrogens with one attached hydrogen (secondary N) is 1. The highest BCUT2D eigenvalue weighted by molar-refractivity contribution is 9.10. The summed E-state index contributed by atoms with van der Waals surface area (Å²) in [5.41, 5.74) is 0. The molecule has 0 radical (unpaired) electrons. The highest BCUT2D eigenvalue weighted by atomic mass is 79.9. The van der Waals surface area contributed by atoms with Gasteiger partial charge >= 0.3 is 0 Å². The summed E-state index contributed by atoms with van der Waals surface area (Å²) in [6, 6.07) is 6.67. The zero-order valence-electron chi connectivity index (χ0n) is 9.20. The fourth-order valence-corrected chi connectivity index (χ4v) is 2.92. The standard InChI is InChI=1S/C13H13BrClNO/c14-12-7-10(3-4-13(12)15)17-11-5-8-1-2-9(6-11)16-8/h1-4,7-9,11,16H,5-6H2. The fraction of sp³-hybridized carbons (Fsp3) is 0.385. The van der Waals surface area contributed by atoms with Gasteiger partial charge in [0, 0.05) is 29.4 Å². The highest BCUT2D eigenvalue weighted by Gasteiger charge is 2.30. The summed E-state index contributed by atoms with van der Waals surface area (Å²) in [6.07, 6.45) is 6.84. The lowest BCUT2D eigenvalue weighted by Crippen LogP contribution is -2.43. The Morgan fingerprint density at radius 3 is 2.59 bits per heavy atom. The van der Waals surface area contributed by atoms with Gasteiger partial charge in [0.1, 0.15) is 11.9 Å². The van der Waals surface area contributed by atoms with Gasteiger partial charge in [-0.1, -0.05) is 23.8 Å². The van der Waals surface area contributed by atoms with E-state index in [0.717, 1.165) is 23.1 Å². The third-order valence-electron chi connectivity index (χ3n) is 3.23. The molecule has 3 rings (SSSR count). The quantitative estimate of drug-likeness (QED) is 0.843. The Balaban J connectivity index is 1.69. The molecule has 0 spiro atoms. The van der Waals surface area contributed by atoms with Crippen LogP contribution in [0.4, 0.5) is 0 Å². The van der Waals surface area contributed by atoms with Crippen molar-refractivity contribution in [2.45, 2.75) is 31.0 Å². The van der Waals surface area contributed by atoms with Gasteiger partial charge in [-0.2, -0.15) is 0 Å². The number of hydrogen-bond acceptors (Lipinski definition) is 2. The number of ether oxygens (including phenoxy) is 1. The van der Waals surface area contributed by atoms with Crippen molar-refractivity contribution in [2.24, 2.45) is 0 Å². The van der Waals surface area contributed by atoms with E-state index in [9.17, 15) is 0 Å². The first-order chi connectivity index (χ1) is 8.20. The Morgan fingerprint density at radius 1 is 1.24 bits per heavy atom. The van der Waals surface area contributed by atoms with Crippen LogP contribution in [0.5, 0.6) is 5.75 Å². The predicted molar refractivity (Wildman–Crippen MR) is 72.7 cm³/mol. The molecule has 2 bridgehead atoms. The van der Waals surface area contributed by atoms with E-state index in [1.165, 1.54) is 0 Å². The smallest absolute Gasteiger partial charge is 0.120 e. The molecule has 0 saturated carbocycles. The zero-order valence-corrected chi connectivity index (χ0v) is 11.5. The Morgan fingerprint density at radius 2 is 1.94 bits per heavy atom. The zero-order chi connectivity index (χ0) is 11.8. The first-order valence-corrected chi connectivity index (χ1v) is 6.94. The van der Waals surface area contributed by atoms with Crippen molar-refractivity contribution in [1.82, 2.24) is 5.32 Å². The molecule has 2 unspecified atom stereocenters. The van der Waals surface area contributed by atoms with Gasteiger partial charge in [0.25, 0.3) is 0 Å². The molecule has 1 aromatic rings. The van der Waals surface area contributed by atoms with Crippen LogP contribution < -0.4 is 10.1 Å². The summed E-state index contributed by atoms with van der Waals surface area (Å²) in [4.78, 5) is 0. The molecular weight excluding hydrogens is 302 g/mol. The van der Waals surface area contributed by atoms with Crippen LogP contribution in [0.15, 0.2) is 34.8 Å². The van der Waals surface area contributed by atoms with Crippen LogP contribution in [0.3, 0.4) is 0 Å². The third kappa shape index (κ3) is 2.51. The van der Waals surface area contributed by atoms with E-state index in [4.69, 9.17) is 16.3 Å². The monoisotopic (exact) mass is 313 g/mol. The van der Waals surface area contributed by atoms with Crippen LogP contribution in [0.2, 0.25) is 5.02 Å². The maximum absolute atomic E-state index is 6.00. The molecule has 4 heteroatoms. The molecule has 2 atom stereocenters. The van der Waals surface area contributed by atoms with Gasteiger partial charge in [0.05, 0.1) is 5.02 Å². The third-order valence-corrected chi connectivity index (χ3v) is 4.45. The van der Waals surface area contributed by atoms with Gasteiger partial charge in [-0.15, -0.1) is 0 Å². The Kier molecular flexibility index (Phi) is 3.16. The molecule has 0 aromatic heterocycles. The summed E-state index contributed by atoms with van der Waals surface area (Å²) in [5.74, 6) is 0.882. The summed E-state index contributed by atoms with van der Waals surface area (Å²) >= 11 is 9.37. The van der Waals surface area contributed by atoms with E-state index < -0.39 is 0 Å². The maximum atomic E-state index is 6.00. The van der Waals surface area contributed by atoms with E-state index in [1.807, 2.05) is 18.2 Å². The first-order valence-electron chi connectivity index (χ1n) is 5.77. The van der Waals surface area contributed by atoms with Crippen LogP contribution >= 0.6 is 27.5 Å². The van der Waals surface area contributed by atoms with Crippen molar-refractivity contribution in [1.29, 1.82) is 0 Å². The molecule has 2 aliphatic rings. The van der Waals surface area contributed by atoms with Gasteiger partial charge in [0.15, 0.2) is 0 Å². The lowest BCUT2D eigenvalue weighted by molar-refractivity contribution is 0.142. The van der Waals surface area contributed by atoms with Crippen LogP contribution in [0.25, 0.3) is 0 Å². The Hall–Kier alpha value is -0.510. The molecule has 2 nitrogen and oxygen atoms in total. The average Bonchev–Trinajstić information content (AvgIpc) is 2.64. The van der Waals surface area contributed by atoms with E-state index in [0.29, 0.717) is 17.1 Å². The van der Waals surface area contributed by atoms with Gasteiger partial charge < -0.3 is 10.1 Å². The van der Waals surface area contributed by atoms with Gasteiger partial charge in [-0.3, -0.25) is 0 Å². The average molecular weight is 315 g/mol. The number of fused-ring (bicyclic) bond motifs is 2. The second-order valence-electron chi connectivity index (χ2n) is 4.55. The highest BCUT2D eigenvalue weighted by Crippen LogP contribution is 2.30. The molecular formula is C13H13BrClNO. The fourth-order valence-electron chi connectivity index (χ4n) is 2.45. The molecule has 2 aliphatic heterocycles. The number of halogens is 2. The maximum Gasteiger partial charge on any atom is 0.120 e. The van der Waals surface area contributed by atoms with Crippen molar-refractivity contribution in [3.05, 3.63) is 39.8 Å². The number of benzene rings is 1. The summed E-state index contributed by atoms with van der Waals surface area (Å²) in [7, 11) is 0. The topological polar surface area (TPSA) is 21.3 Å². The Labute approximate surface area is 114 Å². The minimum absolute atomic E-state index is 0.286. The molecule has 1 aromatic carbocycles. The van der Waals surface area contributed by atoms with Crippen molar-refractivity contribution in [3.8, 4) is 5.75 Å². The van der Waals surface area contributed by atoms with E-state index >= 15 is 0 Å². The van der Waals surface area contributed by atoms with Crippen molar-refractivity contribution in [3.63, 3.8) is 0 Å². The SMILES string of the molecule is Clc1ccc(OC2CC3C=CC(C2)N3)cc1Br. The van der Waals surface area contributed by atoms with Gasteiger partial charge in [-0.25, -0.2) is 0 Å². The van der Waals surface area contributed by atoms with Crippen LogP contribution in [0, 0.1) is 0 Å². The van der Waals surface area contributed by atoms with Crippen LogP contribution in [-0.2, 0) is 0 Å². The van der Waals surface area contributed by atoms with E-state index in [1.54, 1.807) is 0 Å². The van der Waals surface area contributed by atoms with E-state index in [2.05, 4.69) is 33.4 Å². The minimum Gasteiger partial charge on any atom is -0.490 e. The summed E-state index contributed by atoms with van der Waals surface area (Å²) in [6.45, 7) is 0. The molecule has 1 saturated heterocycles. The second-order valence-corrected chi connectivity index (χ2v) is 5.81. The molecule has 1 N–H and O–H groups in total. The van der Waals surface area contributed by atoms with Crippen molar-refractivity contribution >= 4 is 27.5 Å². The molecule has 90 valence electrons. The molecule has 17 heavy (non-hydrogen) atoms. The van der Waals surface area contributed by atoms with Crippen LogP contribution in [-0.4, -0.2) is 18.2 Å². The molecule has 0 aliphatic carbocycles. The minimum atomic E-state index is 0.286. The van der Waals surface area contributed by atoms with Crippen molar-refractivity contribution in [2.75, 3.05) is 0 Å². The summed E-state index contributed by atoms with van der Waals surface area (Å²) in [5, 5.41) is 4.22. The Bertz CT molecular complexity index is 449. The lowest BCUT2D eigenvalue weighted by Gasteiger charge is -2.29. The van der Waals surface area contributed by atoms with Gasteiger partial charge in [0.2, 0.25) is 0 Å². The van der Waals surface area contributed by atoms with Crippen LogP contribution in [0.1, 0.15) is 12.8 Å². The summed E-state index contributed by atoms with van der Waals surface area (Å²) < 4.78 is 6.88. The normalized spacial score (nSPS) is 30.6.